The molecular formula is C12H12BrNO. The number of carbonyl (C=O) groups excluding carboxylic acids is 1. The molecule has 1 aromatic rings. The van der Waals surface area contributed by atoms with E-state index in [-0.39, 0.29) is 0 Å². The highest BCUT2D eigenvalue weighted by molar-refractivity contribution is 9.10. The molecule has 0 aromatic heterocycles. The minimum Gasteiger partial charge on any atom is -0.335 e. The molecule has 2 bridgehead atoms. The van der Waals surface area contributed by atoms with Crippen LogP contribution in [0.25, 0.3) is 0 Å². The fraction of sp³-hybridized carbons (Fsp3) is 0.417. The number of carbonyl (C=O) groups is 1. The second-order valence-electron chi connectivity index (χ2n) is 4.38. The van der Waals surface area contributed by atoms with Gasteiger partial charge >= 0.3 is 0 Å². The van der Waals surface area contributed by atoms with Crippen molar-refractivity contribution in [2.24, 2.45) is 5.92 Å². The van der Waals surface area contributed by atoms with Gasteiger partial charge in [0.2, 0.25) is 5.91 Å². The second kappa shape index (κ2) is 3.34. The van der Waals surface area contributed by atoms with Gasteiger partial charge in [0, 0.05) is 23.0 Å². The highest BCUT2D eigenvalue weighted by atomic mass is 79.9. The van der Waals surface area contributed by atoms with Gasteiger partial charge in [0.05, 0.1) is 0 Å². The molecule has 15 heavy (non-hydrogen) atoms. The Morgan fingerprint density at radius 3 is 2.67 bits per heavy atom. The van der Waals surface area contributed by atoms with E-state index in [9.17, 15) is 4.79 Å². The Morgan fingerprint density at radius 1 is 1.33 bits per heavy atom. The van der Waals surface area contributed by atoms with Crippen LogP contribution in [-0.2, 0) is 11.3 Å². The van der Waals surface area contributed by atoms with Crippen LogP contribution < -0.4 is 0 Å². The van der Waals surface area contributed by atoms with E-state index in [2.05, 4.69) is 22.0 Å². The van der Waals surface area contributed by atoms with Crippen LogP contribution >= 0.6 is 15.9 Å². The first kappa shape index (κ1) is 9.40. The van der Waals surface area contributed by atoms with Gasteiger partial charge in [0.1, 0.15) is 0 Å². The van der Waals surface area contributed by atoms with E-state index in [0.29, 0.717) is 17.9 Å². The lowest BCUT2D eigenvalue weighted by molar-refractivity contribution is -0.129. The minimum atomic E-state index is 0.345. The molecule has 0 spiro atoms. The van der Waals surface area contributed by atoms with Crippen molar-refractivity contribution in [2.75, 3.05) is 0 Å². The van der Waals surface area contributed by atoms with Crippen LogP contribution in [0.3, 0.4) is 0 Å². The quantitative estimate of drug-likeness (QED) is 0.805. The first-order valence-electron chi connectivity index (χ1n) is 5.29. The van der Waals surface area contributed by atoms with Crippen molar-refractivity contribution in [1.29, 1.82) is 0 Å². The molecule has 2 saturated heterocycles. The van der Waals surface area contributed by atoms with Crippen LogP contribution in [0.4, 0.5) is 0 Å². The lowest BCUT2D eigenvalue weighted by Gasteiger charge is -2.25. The summed E-state index contributed by atoms with van der Waals surface area (Å²) < 4.78 is 1.10. The van der Waals surface area contributed by atoms with Gasteiger partial charge < -0.3 is 4.90 Å². The summed E-state index contributed by atoms with van der Waals surface area (Å²) in [6.07, 6.45) is 2.17. The van der Waals surface area contributed by atoms with Crippen molar-refractivity contribution in [3.05, 3.63) is 34.3 Å². The fourth-order valence-electron chi connectivity index (χ4n) is 2.48. The molecule has 4 rings (SSSR count). The Morgan fingerprint density at radius 2 is 2.07 bits per heavy atom. The maximum absolute atomic E-state index is 11.8. The van der Waals surface area contributed by atoms with E-state index in [0.717, 1.165) is 23.9 Å². The third-order valence-corrected chi connectivity index (χ3v) is 4.26. The average Bonchev–Trinajstić information content (AvgIpc) is 2.60. The van der Waals surface area contributed by atoms with Crippen LogP contribution in [0.2, 0.25) is 0 Å². The van der Waals surface area contributed by atoms with Crippen molar-refractivity contribution >= 4 is 21.8 Å². The maximum atomic E-state index is 11.8. The molecule has 0 atom stereocenters. The summed E-state index contributed by atoms with van der Waals surface area (Å²) in [4.78, 5) is 13.8. The van der Waals surface area contributed by atoms with Crippen LogP contribution in [-0.4, -0.2) is 16.8 Å². The highest BCUT2D eigenvalue weighted by Crippen LogP contribution is 2.42. The number of halogens is 1. The van der Waals surface area contributed by atoms with Gasteiger partial charge in [0.15, 0.2) is 0 Å². The van der Waals surface area contributed by atoms with E-state index in [1.165, 1.54) is 5.56 Å². The van der Waals surface area contributed by atoms with Crippen LogP contribution in [0, 0.1) is 5.92 Å². The zero-order valence-electron chi connectivity index (χ0n) is 8.32. The summed E-state index contributed by atoms with van der Waals surface area (Å²) in [7, 11) is 0. The number of nitrogens with zero attached hydrogens (tertiary/aromatic N) is 1. The molecular weight excluding hydrogens is 254 g/mol. The molecule has 3 fully saturated rings. The molecule has 3 aliphatic rings. The largest absolute Gasteiger partial charge is 0.335 e. The molecule has 78 valence electrons. The predicted octanol–water partition coefficient (Wildman–Crippen LogP) is 2.57. The van der Waals surface area contributed by atoms with E-state index in [1.54, 1.807) is 0 Å². The Bertz CT molecular complexity index is 412. The lowest BCUT2D eigenvalue weighted by Crippen LogP contribution is -2.29. The molecule has 2 heterocycles. The van der Waals surface area contributed by atoms with Gasteiger partial charge in [0.25, 0.3) is 0 Å². The van der Waals surface area contributed by atoms with E-state index in [4.69, 9.17) is 0 Å². The first-order chi connectivity index (χ1) is 7.25. The molecule has 2 nitrogen and oxygen atoms in total. The standard InChI is InChI=1S/C12H12BrNO/c13-11-4-2-1-3-8(11)7-14-10-5-9(6-10)12(14)15/h1-4,9-10H,5-7H2. The number of hydrogen-bond donors (Lipinski definition) is 0. The normalized spacial score (nSPS) is 28.1. The molecule has 1 amide bonds. The summed E-state index contributed by atoms with van der Waals surface area (Å²) in [6, 6.07) is 8.65. The van der Waals surface area contributed by atoms with Gasteiger partial charge in [-0.25, -0.2) is 0 Å². The predicted molar refractivity (Wildman–Crippen MR) is 61.2 cm³/mol. The maximum Gasteiger partial charge on any atom is 0.226 e. The van der Waals surface area contributed by atoms with Crippen molar-refractivity contribution in [2.45, 2.75) is 25.4 Å². The Labute approximate surface area is 97.4 Å². The second-order valence-corrected chi connectivity index (χ2v) is 5.23. The van der Waals surface area contributed by atoms with Gasteiger partial charge in [-0.3, -0.25) is 4.79 Å². The highest BCUT2D eigenvalue weighted by Gasteiger charge is 2.49. The van der Waals surface area contributed by atoms with Crippen molar-refractivity contribution in [3.8, 4) is 0 Å². The molecule has 3 heteroatoms. The Hall–Kier alpha value is -0.830. The summed E-state index contributed by atoms with van der Waals surface area (Å²) in [5.41, 5.74) is 1.21. The summed E-state index contributed by atoms with van der Waals surface area (Å²) in [5, 5.41) is 0. The zero-order chi connectivity index (χ0) is 10.4. The molecule has 0 unspecified atom stereocenters. The van der Waals surface area contributed by atoms with Crippen molar-refractivity contribution in [3.63, 3.8) is 0 Å². The summed E-state index contributed by atoms with van der Waals surface area (Å²) in [6.45, 7) is 0.765. The molecule has 1 aromatic carbocycles. The van der Waals surface area contributed by atoms with E-state index < -0.39 is 0 Å². The van der Waals surface area contributed by atoms with Gasteiger partial charge in [-0.15, -0.1) is 0 Å². The topological polar surface area (TPSA) is 20.3 Å². The molecule has 0 N–H and O–H groups in total. The molecule has 1 saturated carbocycles. The van der Waals surface area contributed by atoms with E-state index >= 15 is 0 Å². The molecule has 0 radical (unpaired) electrons. The smallest absolute Gasteiger partial charge is 0.226 e. The molecule has 2 aliphatic heterocycles. The number of hydrogen-bond acceptors (Lipinski definition) is 1. The Kier molecular flexibility index (Phi) is 2.09. The monoisotopic (exact) mass is 265 g/mol. The Balaban J connectivity index is 1.81. The van der Waals surface area contributed by atoms with Crippen LogP contribution in [0.5, 0.6) is 0 Å². The number of amides is 1. The van der Waals surface area contributed by atoms with Crippen LogP contribution in [0.15, 0.2) is 28.7 Å². The number of fused-ring (bicyclic) bond motifs is 1. The van der Waals surface area contributed by atoms with Crippen molar-refractivity contribution in [1.82, 2.24) is 4.90 Å². The summed E-state index contributed by atoms with van der Waals surface area (Å²) >= 11 is 3.52. The SMILES string of the molecule is O=C1C2CC(C2)N1Cc1ccccc1Br. The average molecular weight is 266 g/mol. The third kappa shape index (κ3) is 1.41. The number of benzene rings is 1. The number of rotatable bonds is 2. The van der Waals surface area contributed by atoms with Gasteiger partial charge in [-0.2, -0.15) is 0 Å². The summed E-state index contributed by atoms with van der Waals surface area (Å²) in [5.74, 6) is 0.702. The lowest BCUT2D eigenvalue weighted by atomic mass is 9.86. The van der Waals surface area contributed by atoms with E-state index in [1.807, 2.05) is 23.1 Å². The molecule has 1 aliphatic carbocycles. The van der Waals surface area contributed by atoms with Crippen LogP contribution in [0.1, 0.15) is 18.4 Å². The van der Waals surface area contributed by atoms with Gasteiger partial charge in [-0.05, 0) is 24.5 Å². The first-order valence-corrected chi connectivity index (χ1v) is 6.09. The fourth-order valence-corrected chi connectivity index (χ4v) is 2.89. The third-order valence-electron chi connectivity index (χ3n) is 3.48. The zero-order valence-corrected chi connectivity index (χ0v) is 9.90. The minimum absolute atomic E-state index is 0.345. The van der Waals surface area contributed by atoms with Crippen molar-refractivity contribution < 1.29 is 4.79 Å². The van der Waals surface area contributed by atoms with Gasteiger partial charge in [-0.1, -0.05) is 34.1 Å².